The summed E-state index contributed by atoms with van der Waals surface area (Å²) in [5.41, 5.74) is 1.07. The fourth-order valence-corrected chi connectivity index (χ4v) is 2.46. The minimum absolute atomic E-state index is 0.0776. The molecule has 0 radical (unpaired) electrons. The van der Waals surface area contributed by atoms with E-state index < -0.39 is 0 Å². The minimum Gasteiger partial charge on any atom is -0.478 e. The van der Waals surface area contributed by atoms with Crippen LogP contribution >= 0.6 is 0 Å². The zero-order valence-corrected chi connectivity index (χ0v) is 12.5. The van der Waals surface area contributed by atoms with Gasteiger partial charge in [-0.25, -0.2) is 0 Å². The van der Waals surface area contributed by atoms with Crippen LogP contribution in [0.5, 0.6) is 5.75 Å². The second-order valence-electron chi connectivity index (χ2n) is 5.07. The van der Waals surface area contributed by atoms with Gasteiger partial charge in [-0.15, -0.1) is 0 Å². The summed E-state index contributed by atoms with van der Waals surface area (Å²) in [5, 5.41) is 12.0. The van der Waals surface area contributed by atoms with E-state index in [0.717, 1.165) is 44.1 Å². The summed E-state index contributed by atoms with van der Waals surface area (Å²) in [4.78, 5) is 2.40. The number of rotatable bonds is 7. The molecular formula is C16H23N3O2. The molecule has 0 bridgehead atoms. The molecule has 1 aliphatic heterocycles. The Morgan fingerprint density at radius 1 is 1.48 bits per heavy atom. The number of nitrogens with zero attached hydrogens (tertiary/aromatic N) is 2. The summed E-state index contributed by atoms with van der Waals surface area (Å²) >= 11 is 0. The molecule has 1 aromatic rings. The largest absolute Gasteiger partial charge is 0.478 e. The summed E-state index contributed by atoms with van der Waals surface area (Å²) in [6, 6.07) is 9.80. The highest BCUT2D eigenvalue weighted by atomic mass is 16.5. The Hall–Kier alpha value is -1.61. The van der Waals surface area contributed by atoms with Gasteiger partial charge in [0.05, 0.1) is 12.7 Å². The van der Waals surface area contributed by atoms with Crippen LogP contribution in [0, 0.1) is 11.3 Å². The van der Waals surface area contributed by atoms with Crippen LogP contribution in [0.3, 0.4) is 0 Å². The zero-order chi connectivity index (χ0) is 14.9. The van der Waals surface area contributed by atoms with E-state index >= 15 is 0 Å². The summed E-state index contributed by atoms with van der Waals surface area (Å²) in [6.07, 6.45) is 0.242. The van der Waals surface area contributed by atoms with Crippen molar-refractivity contribution in [3.8, 4) is 11.8 Å². The maximum Gasteiger partial charge on any atom is 0.174 e. The summed E-state index contributed by atoms with van der Waals surface area (Å²) in [6.45, 7) is 7.68. The molecular weight excluding hydrogens is 266 g/mol. The lowest BCUT2D eigenvalue weighted by atomic mass is 10.2. The quantitative estimate of drug-likeness (QED) is 0.822. The summed E-state index contributed by atoms with van der Waals surface area (Å²) < 4.78 is 11.2. The maximum absolute atomic E-state index is 8.60. The first-order chi connectivity index (χ1) is 10.3. The Morgan fingerprint density at radius 3 is 3.14 bits per heavy atom. The van der Waals surface area contributed by atoms with Gasteiger partial charge >= 0.3 is 0 Å². The van der Waals surface area contributed by atoms with Crippen LogP contribution in [0.2, 0.25) is 0 Å². The van der Waals surface area contributed by atoms with Crippen molar-refractivity contribution in [1.82, 2.24) is 10.2 Å². The number of morpholine rings is 1. The molecule has 0 aliphatic carbocycles. The third-order valence-corrected chi connectivity index (χ3v) is 3.62. The third-order valence-electron chi connectivity index (χ3n) is 3.62. The molecule has 0 saturated carbocycles. The number of benzene rings is 1. The number of nitrogens with one attached hydrogen (secondary N) is 1. The van der Waals surface area contributed by atoms with E-state index in [1.807, 2.05) is 30.3 Å². The van der Waals surface area contributed by atoms with Gasteiger partial charge in [0.1, 0.15) is 11.8 Å². The van der Waals surface area contributed by atoms with Crippen LogP contribution in [0.4, 0.5) is 0 Å². The zero-order valence-electron chi connectivity index (χ0n) is 12.5. The van der Waals surface area contributed by atoms with Gasteiger partial charge in [0.25, 0.3) is 0 Å². The van der Waals surface area contributed by atoms with Gasteiger partial charge < -0.3 is 14.8 Å². The molecule has 0 amide bonds. The molecule has 21 heavy (non-hydrogen) atoms. The molecule has 5 heteroatoms. The number of nitriles is 1. The lowest BCUT2D eigenvalue weighted by Crippen LogP contribution is -2.46. The smallest absolute Gasteiger partial charge is 0.174 e. The molecule has 1 heterocycles. The van der Waals surface area contributed by atoms with Crippen molar-refractivity contribution in [3.63, 3.8) is 0 Å². The highest BCUT2D eigenvalue weighted by Crippen LogP contribution is 2.17. The fourth-order valence-electron chi connectivity index (χ4n) is 2.46. The standard InChI is InChI=1S/C16H23N3O2/c1-2-19-8-10-20-15(13-19)12-18-11-14-5-3-4-6-16(14)21-9-7-17/h3-6,15,18H,2,8-13H2,1H3. The number of hydrogen-bond donors (Lipinski definition) is 1. The third kappa shape index (κ3) is 5.01. The normalized spacial score (nSPS) is 19.1. The molecule has 1 aromatic carbocycles. The fraction of sp³-hybridized carbons (Fsp3) is 0.562. The van der Waals surface area contributed by atoms with Crippen LogP contribution in [-0.2, 0) is 11.3 Å². The van der Waals surface area contributed by atoms with E-state index in [1.165, 1.54) is 0 Å². The molecule has 114 valence electrons. The van der Waals surface area contributed by atoms with Gasteiger partial charge in [-0.1, -0.05) is 25.1 Å². The first-order valence-electron chi connectivity index (χ1n) is 7.45. The first kappa shape index (κ1) is 15.8. The molecule has 1 fully saturated rings. The lowest BCUT2D eigenvalue weighted by Gasteiger charge is -2.32. The Labute approximate surface area is 126 Å². The minimum atomic E-state index is 0.0776. The van der Waals surface area contributed by atoms with Crippen molar-refractivity contribution in [2.24, 2.45) is 0 Å². The van der Waals surface area contributed by atoms with Gasteiger partial charge in [0.15, 0.2) is 6.61 Å². The van der Waals surface area contributed by atoms with E-state index in [4.69, 9.17) is 14.7 Å². The van der Waals surface area contributed by atoms with Gasteiger partial charge in [-0.05, 0) is 12.6 Å². The topological polar surface area (TPSA) is 57.5 Å². The van der Waals surface area contributed by atoms with Crippen LogP contribution in [-0.4, -0.2) is 50.4 Å². The molecule has 1 saturated heterocycles. The van der Waals surface area contributed by atoms with Crippen LogP contribution in [0.25, 0.3) is 0 Å². The van der Waals surface area contributed by atoms with E-state index in [-0.39, 0.29) is 12.7 Å². The Kier molecular flexibility index (Phi) is 6.48. The molecule has 1 aliphatic rings. The van der Waals surface area contributed by atoms with E-state index in [2.05, 4.69) is 17.1 Å². The number of ether oxygens (including phenoxy) is 2. The van der Waals surface area contributed by atoms with Crippen molar-refractivity contribution in [3.05, 3.63) is 29.8 Å². The Balaban J connectivity index is 1.79. The average molecular weight is 289 g/mol. The van der Waals surface area contributed by atoms with Crippen molar-refractivity contribution < 1.29 is 9.47 Å². The maximum atomic E-state index is 8.60. The number of para-hydroxylation sites is 1. The van der Waals surface area contributed by atoms with Crippen molar-refractivity contribution in [2.45, 2.75) is 19.6 Å². The molecule has 1 atom stereocenters. The molecule has 0 spiro atoms. The van der Waals surface area contributed by atoms with E-state index in [0.29, 0.717) is 6.54 Å². The van der Waals surface area contributed by atoms with Gasteiger partial charge in [-0.2, -0.15) is 5.26 Å². The summed E-state index contributed by atoms with van der Waals surface area (Å²) in [7, 11) is 0. The van der Waals surface area contributed by atoms with Gasteiger partial charge in [0.2, 0.25) is 0 Å². The van der Waals surface area contributed by atoms with Crippen LogP contribution in [0.1, 0.15) is 12.5 Å². The van der Waals surface area contributed by atoms with Gasteiger partial charge in [-0.3, -0.25) is 4.90 Å². The molecule has 2 rings (SSSR count). The van der Waals surface area contributed by atoms with Crippen LogP contribution in [0.15, 0.2) is 24.3 Å². The predicted molar refractivity (Wildman–Crippen MR) is 81.1 cm³/mol. The molecule has 1 unspecified atom stereocenters. The summed E-state index contributed by atoms with van der Waals surface area (Å²) in [5.74, 6) is 0.770. The average Bonchev–Trinajstić information content (AvgIpc) is 2.54. The first-order valence-corrected chi connectivity index (χ1v) is 7.45. The predicted octanol–water partition coefficient (Wildman–Crippen LogP) is 1.40. The number of likely N-dealkylation sites (N-methyl/N-ethyl adjacent to an activating group) is 1. The molecule has 1 N–H and O–H groups in total. The second-order valence-corrected chi connectivity index (χ2v) is 5.07. The van der Waals surface area contributed by atoms with Crippen molar-refractivity contribution in [1.29, 1.82) is 5.26 Å². The van der Waals surface area contributed by atoms with E-state index in [1.54, 1.807) is 0 Å². The molecule has 0 aromatic heterocycles. The Bertz CT molecular complexity index is 473. The van der Waals surface area contributed by atoms with E-state index in [9.17, 15) is 0 Å². The lowest BCUT2D eigenvalue weighted by molar-refractivity contribution is -0.0253. The molecule has 5 nitrogen and oxygen atoms in total. The monoisotopic (exact) mass is 289 g/mol. The highest BCUT2D eigenvalue weighted by molar-refractivity contribution is 5.33. The van der Waals surface area contributed by atoms with Crippen LogP contribution < -0.4 is 10.1 Å². The second kappa shape index (κ2) is 8.63. The number of hydrogen-bond acceptors (Lipinski definition) is 5. The van der Waals surface area contributed by atoms with Crippen molar-refractivity contribution in [2.75, 3.05) is 39.4 Å². The SMILES string of the molecule is CCN1CCOC(CNCc2ccccc2OCC#N)C1. The van der Waals surface area contributed by atoms with Gasteiger partial charge in [0, 0.05) is 31.7 Å². The Morgan fingerprint density at radius 2 is 2.33 bits per heavy atom. The highest BCUT2D eigenvalue weighted by Gasteiger charge is 2.18. The van der Waals surface area contributed by atoms with Crippen molar-refractivity contribution >= 4 is 0 Å².